The van der Waals surface area contributed by atoms with Gasteiger partial charge < -0.3 is 16.8 Å². The van der Waals surface area contributed by atoms with Crippen molar-refractivity contribution in [2.75, 3.05) is 6.54 Å². The minimum absolute atomic E-state index is 0.153. The van der Waals surface area contributed by atoms with Crippen LogP contribution in [0.25, 0.3) is 0 Å². The van der Waals surface area contributed by atoms with Crippen molar-refractivity contribution < 1.29 is 9.59 Å². The third-order valence-corrected chi connectivity index (χ3v) is 1.59. The maximum absolute atomic E-state index is 11.1. The number of hydrogen-bond acceptors (Lipinski definition) is 3. The molecule has 0 saturated heterocycles. The monoisotopic (exact) mass is 187 g/mol. The summed E-state index contributed by atoms with van der Waals surface area (Å²) < 4.78 is 0. The largest absolute Gasteiger partial charge is 0.370 e. The van der Waals surface area contributed by atoms with E-state index >= 15 is 0 Å². The highest BCUT2D eigenvalue weighted by Gasteiger charge is 2.12. The van der Waals surface area contributed by atoms with E-state index in [2.05, 4.69) is 5.32 Å². The zero-order chi connectivity index (χ0) is 10.3. The van der Waals surface area contributed by atoms with Crippen LogP contribution >= 0.6 is 0 Å². The number of nitrogens with one attached hydrogen (secondary N) is 1. The van der Waals surface area contributed by atoms with Crippen LogP contribution in [-0.2, 0) is 9.59 Å². The number of carbonyl (C=O) groups excluding carboxylic acids is 2. The molecular formula is C8H17N3O2. The second-order valence-electron chi connectivity index (χ2n) is 2.90. The molecule has 76 valence electrons. The van der Waals surface area contributed by atoms with Crippen LogP contribution in [-0.4, -0.2) is 24.4 Å². The summed E-state index contributed by atoms with van der Waals surface area (Å²) in [6.45, 7) is 2.57. The lowest BCUT2D eigenvalue weighted by atomic mass is 10.1. The third-order valence-electron chi connectivity index (χ3n) is 1.59. The Morgan fingerprint density at radius 1 is 1.46 bits per heavy atom. The van der Waals surface area contributed by atoms with Gasteiger partial charge in [0.25, 0.3) is 0 Å². The summed E-state index contributed by atoms with van der Waals surface area (Å²) in [5, 5.41) is 2.64. The van der Waals surface area contributed by atoms with Crippen molar-refractivity contribution in [1.82, 2.24) is 5.32 Å². The second kappa shape index (κ2) is 6.42. The number of rotatable bonds is 6. The van der Waals surface area contributed by atoms with Crippen molar-refractivity contribution in [1.29, 1.82) is 0 Å². The zero-order valence-corrected chi connectivity index (χ0v) is 7.88. The molecule has 0 radical (unpaired) electrons. The van der Waals surface area contributed by atoms with E-state index in [9.17, 15) is 9.59 Å². The van der Waals surface area contributed by atoms with Gasteiger partial charge in [0, 0.05) is 13.0 Å². The van der Waals surface area contributed by atoms with Gasteiger partial charge in [0.1, 0.15) is 0 Å². The van der Waals surface area contributed by atoms with Gasteiger partial charge in [0.15, 0.2) is 0 Å². The molecule has 0 aliphatic heterocycles. The van der Waals surface area contributed by atoms with Gasteiger partial charge in [-0.15, -0.1) is 0 Å². The Balaban J connectivity index is 3.62. The molecular weight excluding hydrogens is 170 g/mol. The summed E-state index contributed by atoms with van der Waals surface area (Å²) in [6.07, 6.45) is 1.33. The van der Waals surface area contributed by atoms with Crippen LogP contribution in [0.3, 0.4) is 0 Å². The molecule has 5 N–H and O–H groups in total. The topological polar surface area (TPSA) is 98.2 Å². The molecule has 1 unspecified atom stereocenters. The van der Waals surface area contributed by atoms with E-state index in [1.54, 1.807) is 0 Å². The van der Waals surface area contributed by atoms with Crippen molar-refractivity contribution in [2.45, 2.75) is 32.2 Å². The lowest BCUT2D eigenvalue weighted by Gasteiger charge is -2.10. The molecule has 0 saturated carbocycles. The second-order valence-corrected chi connectivity index (χ2v) is 2.90. The highest BCUT2D eigenvalue weighted by Crippen LogP contribution is 1.93. The number of nitrogens with two attached hydrogens (primary N) is 2. The summed E-state index contributed by atoms with van der Waals surface area (Å²) in [7, 11) is 0. The summed E-state index contributed by atoms with van der Waals surface area (Å²) >= 11 is 0. The van der Waals surface area contributed by atoms with Gasteiger partial charge >= 0.3 is 0 Å². The Morgan fingerprint density at radius 2 is 2.08 bits per heavy atom. The molecule has 0 bridgehead atoms. The maximum Gasteiger partial charge on any atom is 0.236 e. The van der Waals surface area contributed by atoms with Crippen LogP contribution in [0.5, 0.6) is 0 Å². The van der Waals surface area contributed by atoms with E-state index in [1.165, 1.54) is 0 Å². The number of primary amides is 1. The lowest BCUT2D eigenvalue weighted by molar-refractivity contribution is -0.122. The van der Waals surface area contributed by atoms with Gasteiger partial charge in [0.2, 0.25) is 11.8 Å². The summed E-state index contributed by atoms with van der Waals surface area (Å²) in [5.41, 5.74) is 10.4. The predicted molar refractivity (Wildman–Crippen MR) is 49.7 cm³/mol. The molecule has 0 aliphatic rings. The summed E-state index contributed by atoms with van der Waals surface area (Å²) in [5.74, 6) is -0.651. The van der Waals surface area contributed by atoms with Crippen LogP contribution in [0.2, 0.25) is 0 Å². The van der Waals surface area contributed by atoms with Crippen LogP contribution in [0.1, 0.15) is 26.2 Å². The normalized spacial score (nSPS) is 12.2. The number of amides is 2. The Bertz CT molecular complexity index is 182. The molecule has 2 amide bonds. The van der Waals surface area contributed by atoms with Crippen LogP contribution in [0.4, 0.5) is 0 Å². The fraction of sp³-hybridized carbons (Fsp3) is 0.750. The van der Waals surface area contributed by atoms with Gasteiger partial charge in [-0.1, -0.05) is 6.92 Å². The Hall–Kier alpha value is -1.10. The van der Waals surface area contributed by atoms with E-state index in [1.807, 2.05) is 6.92 Å². The predicted octanol–water partition coefficient (Wildman–Crippen LogP) is -0.895. The van der Waals surface area contributed by atoms with Gasteiger partial charge in [-0.05, 0) is 12.8 Å². The zero-order valence-electron chi connectivity index (χ0n) is 7.88. The molecule has 0 fully saturated rings. The standard InChI is InChI=1S/C8H17N3O2/c1-2-5-11-8(13)6(9)3-4-7(10)12/h6H,2-5,9H2,1H3,(H2,10,12)(H,11,13). The SMILES string of the molecule is CCCNC(=O)C(N)CCC(N)=O. The molecule has 0 aromatic heterocycles. The van der Waals surface area contributed by atoms with Crippen molar-refractivity contribution in [3.63, 3.8) is 0 Å². The van der Waals surface area contributed by atoms with E-state index in [4.69, 9.17) is 11.5 Å². The Labute approximate surface area is 77.8 Å². The average molecular weight is 187 g/mol. The van der Waals surface area contributed by atoms with E-state index < -0.39 is 11.9 Å². The first-order valence-electron chi connectivity index (χ1n) is 4.39. The van der Waals surface area contributed by atoms with E-state index in [0.717, 1.165) is 6.42 Å². The molecule has 13 heavy (non-hydrogen) atoms. The molecule has 0 spiro atoms. The molecule has 0 rings (SSSR count). The third kappa shape index (κ3) is 6.10. The first kappa shape index (κ1) is 11.9. The van der Waals surface area contributed by atoms with Crippen LogP contribution in [0.15, 0.2) is 0 Å². The molecule has 0 aromatic carbocycles. The fourth-order valence-electron chi connectivity index (χ4n) is 0.808. The summed E-state index contributed by atoms with van der Waals surface area (Å²) in [4.78, 5) is 21.5. The maximum atomic E-state index is 11.1. The molecule has 0 aromatic rings. The van der Waals surface area contributed by atoms with Crippen molar-refractivity contribution in [3.05, 3.63) is 0 Å². The minimum atomic E-state index is -0.626. The first-order valence-corrected chi connectivity index (χ1v) is 4.39. The lowest BCUT2D eigenvalue weighted by Crippen LogP contribution is -2.41. The van der Waals surface area contributed by atoms with Gasteiger partial charge in [-0.3, -0.25) is 9.59 Å². The van der Waals surface area contributed by atoms with Gasteiger partial charge in [-0.2, -0.15) is 0 Å². The molecule has 5 heteroatoms. The fourth-order valence-corrected chi connectivity index (χ4v) is 0.808. The molecule has 1 atom stereocenters. The minimum Gasteiger partial charge on any atom is -0.370 e. The summed E-state index contributed by atoms with van der Waals surface area (Å²) in [6, 6.07) is -0.626. The molecule has 0 heterocycles. The highest BCUT2D eigenvalue weighted by molar-refractivity contribution is 5.82. The highest BCUT2D eigenvalue weighted by atomic mass is 16.2. The Kier molecular flexibility index (Phi) is 5.88. The number of carbonyl (C=O) groups is 2. The Morgan fingerprint density at radius 3 is 2.54 bits per heavy atom. The van der Waals surface area contributed by atoms with E-state index in [0.29, 0.717) is 13.0 Å². The number of hydrogen-bond donors (Lipinski definition) is 3. The average Bonchev–Trinajstić information content (AvgIpc) is 2.10. The molecule has 0 aliphatic carbocycles. The van der Waals surface area contributed by atoms with Gasteiger partial charge in [-0.25, -0.2) is 0 Å². The van der Waals surface area contributed by atoms with E-state index in [-0.39, 0.29) is 12.3 Å². The van der Waals surface area contributed by atoms with Gasteiger partial charge in [0.05, 0.1) is 6.04 Å². The molecule has 5 nitrogen and oxygen atoms in total. The van der Waals surface area contributed by atoms with Crippen LogP contribution < -0.4 is 16.8 Å². The van der Waals surface area contributed by atoms with Crippen molar-refractivity contribution in [3.8, 4) is 0 Å². The van der Waals surface area contributed by atoms with Crippen molar-refractivity contribution >= 4 is 11.8 Å². The van der Waals surface area contributed by atoms with Crippen molar-refractivity contribution in [2.24, 2.45) is 11.5 Å². The first-order chi connectivity index (χ1) is 6.07. The quantitative estimate of drug-likeness (QED) is 0.503. The van der Waals surface area contributed by atoms with Crippen LogP contribution in [0, 0.1) is 0 Å². The smallest absolute Gasteiger partial charge is 0.236 e.